The lowest BCUT2D eigenvalue weighted by Gasteiger charge is -2.37. The molecule has 4 rings (SSSR count). The molecule has 0 aromatic heterocycles. The molecule has 8 nitrogen and oxygen atoms in total. The molecule has 2 aliphatic rings. The number of phenols is 1. The summed E-state index contributed by atoms with van der Waals surface area (Å²) in [5.74, 6) is 0.497. The van der Waals surface area contributed by atoms with Crippen LogP contribution in [0.5, 0.6) is 11.5 Å². The van der Waals surface area contributed by atoms with Crippen LogP contribution in [0.25, 0.3) is 0 Å². The summed E-state index contributed by atoms with van der Waals surface area (Å²) in [5.41, 5.74) is 7.28. The number of benzene rings is 2. The number of fused-ring (bicyclic) bond motifs is 1. The van der Waals surface area contributed by atoms with Gasteiger partial charge in [0.05, 0.1) is 19.0 Å². The molecule has 0 aliphatic carbocycles. The standard InChI is InChI=1S/C17H15N5O3S2/c1-25-12-6-7-13-14(8-12)27-17(19-13)15(24)22(16(26)20-21-17)18-9-10-2-4-11(23)5-3-10/h2-9,19,21,23H,1H3,(H,20,26)/b18-9+. The van der Waals surface area contributed by atoms with E-state index in [-0.39, 0.29) is 16.8 Å². The lowest BCUT2D eigenvalue weighted by molar-refractivity contribution is -0.131. The molecular weight excluding hydrogens is 386 g/mol. The molecule has 0 bridgehead atoms. The molecule has 2 heterocycles. The minimum Gasteiger partial charge on any atom is -0.508 e. The Kier molecular flexibility index (Phi) is 4.38. The Balaban J connectivity index is 1.59. The number of hydrogen-bond donors (Lipinski definition) is 4. The van der Waals surface area contributed by atoms with E-state index in [2.05, 4.69) is 21.3 Å². The molecule has 0 radical (unpaired) electrons. The van der Waals surface area contributed by atoms with Crippen LogP contribution in [0.15, 0.2) is 52.5 Å². The predicted molar refractivity (Wildman–Crippen MR) is 107 cm³/mol. The molecular formula is C17H15N5O3S2. The minimum absolute atomic E-state index is 0.136. The third-order valence-electron chi connectivity index (χ3n) is 4.01. The summed E-state index contributed by atoms with van der Waals surface area (Å²) < 4.78 is 5.24. The lowest BCUT2D eigenvalue weighted by atomic mass is 10.2. The Morgan fingerprint density at radius 1 is 1.30 bits per heavy atom. The van der Waals surface area contributed by atoms with Gasteiger partial charge in [0, 0.05) is 4.90 Å². The zero-order chi connectivity index (χ0) is 19.0. The highest BCUT2D eigenvalue weighted by atomic mass is 32.2. The first-order valence-corrected chi connectivity index (χ1v) is 9.13. The molecule has 1 unspecified atom stereocenters. The van der Waals surface area contributed by atoms with Crippen LogP contribution in [0, 0.1) is 0 Å². The van der Waals surface area contributed by atoms with Gasteiger partial charge in [-0.15, -0.1) is 0 Å². The highest BCUT2D eigenvalue weighted by molar-refractivity contribution is 8.02. The maximum atomic E-state index is 13.1. The van der Waals surface area contributed by atoms with Crippen LogP contribution in [-0.4, -0.2) is 39.5 Å². The number of methoxy groups -OCH3 is 1. The van der Waals surface area contributed by atoms with E-state index in [1.165, 1.54) is 30.1 Å². The number of amides is 1. The second-order valence-corrected chi connectivity index (χ2v) is 7.42. The Morgan fingerprint density at radius 3 is 2.81 bits per heavy atom. The van der Waals surface area contributed by atoms with Gasteiger partial charge < -0.3 is 15.2 Å². The fraction of sp³-hybridized carbons (Fsp3) is 0.118. The first kappa shape index (κ1) is 17.6. The molecule has 27 heavy (non-hydrogen) atoms. The maximum absolute atomic E-state index is 13.1. The van der Waals surface area contributed by atoms with Gasteiger partial charge in [-0.25, -0.2) is 0 Å². The number of nitrogens with zero attached hydrogens (tertiary/aromatic N) is 2. The number of hydrazone groups is 1. The zero-order valence-electron chi connectivity index (χ0n) is 14.1. The van der Waals surface area contributed by atoms with E-state index in [0.717, 1.165) is 21.2 Å². The van der Waals surface area contributed by atoms with Gasteiger partial charge in [0.25, 0.3) is 0 Å². The van der Waals surface area contributed by atoms with E-state index in [1.54, 1.807) is 19.2 Å². The van der Waals surface area contributed by atoms with Crippen molar-refractivity contribution in [1.82, 2.24) is 15.9 Å². The highest BCUT2D eigenvalue weighted by Crippen LogP contribution is 2.46. The molecule has 1 amide bonds. The van der Waals surface area contributed by atoms with Gasteiger partial charge in [-0.3, -0.25) is 10.2 Å². The number of ether oxygens (including phenoxy) is 1. The van der Waals surface area contributed by atoms with Crippen LogP contribution in [0.3, 0.4) is 0 Å². The number of hydrazine groups is 1. The van der Waals surface area contributed by atoms with Crippen molar-refractivity contribution >= 4 is 46.9 Å². The average Bonchev–Trinajstić information content (AvgIpc) is 3.05. The average molecular weight is 401 g/mol. The SMILES string of the molecule is COc1ccc2c(c1)SC1(NNC(=S)N(/N=C/c3ccc(O)cc3)C1=O)N2. The van der Waals surface area contributed by atoms with E-state index in [9.17, 15) is 9.90 Å². The Labute approximate surface area is 164 Å². The number of nitrogens with one attached hydrogen (secondary N) is 3. The van der Waals surface area contributed by atoms with Crippen molar-refractivity contribution in [2.75, 3.05) is 12.4 Å². The molecule has 1 fully saturated rings. The van der Waals surface area contributed by atoms with Crippen molar-refractivity contribution in [2.24, 2.45) is 5.10 Å². The number of phenolic OH excluding ortho intramolecular Hbond substituents is 1. The molecule has 0 saturated carbocycles. The van der Waals surface area contributed by atoms with E-state index >= 15 is 0 Å². The topological polar surface area (TPSA) is 98.2 Å². The lowest BCUT2D eigenvalue weighted by Crippen LogP contribution is -2.70. The Hall–Kier alpha value is -2.82. The Morgan fingerprint density at radius 2 is 2.07 bits per heavy atom. The van der Waals surface area contributed by atoms with Crippen LogP contribution < -0.4 is 20.9 Å². The summed E-state index contributed by atoms with van der Waals surface area (Å²) in [7, 11) is 1.59. The highest BCUT2D eigenvalue weighted by Gasteiger charge is 2.51. The van der Waals surface area contributed by atoms with E-state index < -0.39 is 4.99 Å². The molecule has 1 spiro atoms. The van der Waals surface area contributed by atoms with Crippen molar-refractivity contribution in [3.05, 3.63) is 48.0 Å². The number of anilines is 1. The van der Waals surface area contributed by atoms with Crippen LogP contribution in [0.1, 0.15) is 5.56 Å². The Bertz CT molecular complexity index is 950. The fourth-order valence-electron chi connectivity index (χ4n) is 2.63. The van der Waals surface area contributed by atoms with Gasteiger partial charge in [-0.05, 0) is 60.2 Å². The third kappa shape index (κ3) is 3.18. The zero-order valence-corrected chi connectivity index (χ0v) is 15.7. The maximum Gasteiger partial charge on any atom is 0.303 e. The number of hydrogen-bond acceptors (Lipinski definition) is 8. The molecule has 1 atom stereocenters. The molecule has 2 aromatic carbocycles. The van der Waals surface area contributed by atoms with Crippen LogP contribution in [-0.2, 0) is 4.79 Å². The largest absolute Gasteiger partial charge is 0.508 e. The van der Waals surface area contributed by atoms with Gasteiger partial charge in [0.1, 0.15) is 11.5 Å². The number of aromatic hydroxyl groups is 1. The van der Waals surface area contributed by atoms with Crippen molar-refractivity contribution in [2.45, 2.75) is 9.89 Å². The quantitative estimate of drug-likeness (QED) is 0.457. The second-order valence-electron chi connectivity index (χ2n) is 5.78. The van der Waals surface area contributed by atoms with E-state index in [4.69, 9.17) is 17.0 Å². The van der Waals surface area contributed by atoms with Gasteiger partial charge in [-0.2, -0.15) is 15.5 Å². The minimum atomic E-state index is -1.18. The number of thioether (sulfide) groups is 1. The summed E-state index contributed by atoms with van der Waals surface area (Å²) >= 11 is 6.51. The first-order chi connectivity index (χ1) is 13.0. The van der Waals surface area contributed by atoms with Crippen molar-refractivity contribution < 1.29 is 14.6 Å². The van der Waals surface area contributed by atoms with Gasteiger partial charge in [0.15, 0.2) is 0 Å². The van der Waals surface area contributed by atoms with Gasteiger partial charge >= 0.3 is 5.91 Å². The monoisotopic (exact) mass is 401 g/mol. The summed E-state index contributed by atoms with van der Waals surface area (Å²) in [6, 6.07) is 12.0. The summed E-state index contributed by atoms with van der Waals surface area (Å²) in [6.45, 7) is 0. The summed E-state index contributed by atoms with van der Waals surface area (Å²) in [5, 5.41) is 18.0. The normalized spacial score (nSPS) is 21.3. The van der Waals surface area contributed by atoms with Gasteiger partial charge in [0.2, 0.25) is 10.1 Å². The molecule has 138 valence electrons. The van der Waals surface area contributed by atoms with Crippen molar-refractivity contribution in [3.8, 4) is 11.5 Å². The van der Waals surface area contributed by atoms with Crippen molar-refractivity contribution in [3.63, 3.8) is 0 Å². The number of thiocarbonyl (C=S) groups is 1. The molecule has 4 N–H and O–H groups in total. The summed E-state index contributed by atoms with van der Waals surface area (Å²) in [6.07, 6.45) is 1.50. The molecule has 2 aliphatic heterocycles. The molecule has 10 heteroatoms. The molecule has 2 aromatic rings. The number of rotatable bonds is 3. The van der Waals surface area contributed by atoms with Crippen molar-refractivity contribution in [1.29, 1.82) is 0 Å². The second kappa shape index (κ2) is 6.72. The van der Waals surface area contributed by atoms with E-state index in [0.29, 0.717) is 5.75 Å². The number of carbonyl (C=O) groups excluding carboxylic acids is 1. The predicted octanol–water partition coefficient (Wildman–Crippen LogP) is 1.83. The first-order valence-electron chi connectivity index (χ1n) is 7.91. The van der Waals surface area contributed by atoms with Crippen LogP contribution >= 0.6 is 24.0 Å². The smallest absolute Gasteiger partial charge is 0.303 e. The van der Waals surface area contributed by atoms with Gasteiger partial charge in [-0.1, -0.05) is 11.8 Å². The van der Waals surface area contributed by atoms with E-state index in [1.807, 2.05) is 18.2 Å². The van der Waals surface area contributed by atoms with Crippen LogP contribution in [0.4, 0.5) is 5.69 Å². The van der Waals surface area contributed by atoms with Crippen LogP contribution in [0.2, 0.25) is 0 Å². The fourth-order valence-corrected chi connectivity index (χ4v) is 3.98. The number of carbonyl (C=O) groups is 1. The third-order valence-corrected chi connectivity index (χ3v) is 5.53. The summed E-state index contributed by atoms with van der Waals surface area (Å²) in [4.78, 5) is 12.8. The molecule has 1 saturated heterocycles.